The summed E-state index contributed by atoms with van der Waals surface area (Å²) in [5.41, 5.74) is 2.43. The minimum atomic E-state index is -2.97. The number of carbonyl (C=O) groups is 8. The van der Waals surface area contributed by atoms with Gasteiger partial charge in [-0.3, -0.25) is 38.4 Å². The molecule has 12 N–H and O–H groups in total. The van der Waals surface area contributed by atoms with E-state index < -0.39 is 108 Å². The molecular weight excluding hydrogens is 1900 g/mol. The Hall–Kier alpha value is -10.4. The molecule has 8 aromatic heterocycles. The number of hydrogen-bond donors (Lipinski definition) is 12. The number of pyridine rings is 4. The molecule has 8 aliphatic rings. The Morgan fingerprint density at radius 2 is 0.732 bits per heavy atom. The van der Waals surface area contributed by atoms with Crippen LogP contribution in [-0.4, -0.2) is 260 Å². The van der Waals surface area contributed by atoms with Crippen LogP contribution in [0.25, 0.3) is 41.8 Å². The number of hydrogen-bond acceptors (Lipinski definition) is 28. The zero-order valence-electron chi connectivity index (χ0n) is 85.6. The lowest BCUT2D eigenvalue weighted by Crippen LogP contribution is -2.41. The number of rotatable bonds is 31. The average molecular weight is 2040 g/mol. The third kappa shape index (κ3) is 27.2. The van der Waals surface area contributed by atoms with Gasteiger partial charge in [-0.1, -0.05) is 6.92 Å². The van der Waals surface area contributed by atoms with Crippen molar-refractivity contribution >= 4 is 116 Å². The molecule has 0 spiro atoms. The molecule has 32 nitrogen and oxygen atoms in total. The van der Waals surface area contributed by atoms with Crippen LogP contribution in [0.5, 0.6) is 0 Å². The smallest absolute Gasteiger partial charge is 0.280 e. The van der Waals surface area contributed by atoms with Crippen molar-refractivity contribution in [3.8, 4) is 41.8 Å². The predicted molar refractivity (Wildman–Crippen MR) is 547 cm³/mol. The second kappa shape index (κ2) is 42.7. The highest BCUT2D eigenvalue weighted by atomic mass is 32.1. The Morgan fingerprint density at radius 1 is 0.430 bits per heavy atom. The van der Waals surface area contributed by atoms with Crippen LogP contribution in [0.3, 0.4) is 0 Å². The summed E-state index contributed by atoms with van der Waals surface area (Å²) in [5, 5.41) is 64.9. The molecule has 8 fully saturated rings. The van der Waals surface area contributed by atoms with Gasteiger partial charge in [0.25, 0.3) is 59.1 Å². The summed E-state index contributed by atoms with van der Waals surface area (Å²) in [6.45, 7) is 40.2. The van der Waals surface area contributed by atoms with Gasteiger partial charge in [-0.25, -0.2) is 57.4 Å². The summed E-state index contributed by atoms with van der Waals surface area (Å²) in [6, 6.07) is 7.38. The van der Waals surface area contributed by atoms with Gasteiger partial charge in [0.15, 0.2) is 20.0 Å². The van der Waals surface area contributed by atoms with Crippen LogP contribution >= 0.6 is 45.3 Å². The number of nitrogens with zero attached hydrogens (tertiary/aromatic N) is 12. The Balaban J connectivity index is 0.000000159. The van der Waals surface area contributed by atoms with E-state index in [1.165, 1.54) is 54.8 Å². The van der Waals surface area contributed by atoms with Crippen molar-refractivity contribution in [2.45, 2.75) is 342 Å². The molecule has 8 amide bonds. The van der Waals surface area contributed by atoms with E-state index in [0.29, 0.717) is 78.1 Å². The quantitative estimate of drug-likeness (QED) is 0.0180. The van der Waals surface area contributed by atoms with Crippen LogP contribution in [0.1, 0.15) is 331 Å². The molecule has 40 heteroatoms. The number of halogens is 4. The van der Waals surface area contributed by atoms with E-state index in [2.05, 4.69) is 131 Å². The monoisotopic (exact) mass is 2040 g/mol. The van der Waals surface area contributed by atoms with E-state index in [1.54, 1.807) is 94.0 Å². The maximum Gasteiger partial charge on any atom is 0.280 e. The summed E-state index contributed by atoms with van der Waals surface area (Å²) in [6.07, 6.45) is 21.1. The lowest BCUT2D eigenvalue weighted by atomic mass is 9.78. The van der Waals surface area contributed by atoms with Crippen molar-refractivity contribution in [3.05, 3.63) is 114 Å². The second-order valence-corrected chi connectivity index (χ2v) is 47.9. The fraction of sp³-hybridized carbons (Fsp3) is 0.608. The number of nitrogens with one attached hydrogen (secondary N) is 8. The first kappa shape index (κ1) is 109. The van der Waals surface area contributed by atoms with E-state index >= 15 is 0 Å². The molecule has 0 unspecified atom stereocenters. The number of amides is 8. The van der Waals surface area contributed by atoms with Crippen molar-refractivity contribution < 1.29 is 76.3 Å². The first-order valence-corrected chi connectivity index (χ1v) is 52.5. The Morgan fingerprint density at radius 3 is 1.01 bits per heavy atom. The molecule has 5 aliphatic heterocycles. The number of fused-ring (bicyclic) bond motifs is 2. The van der Waals surface area contributed by atoms with Gasteiger partial charge in [0, 0.05) is 145 Å². The number of aryl methyl sites for hydroxylation is 4. The standard InChI is InChI=1S/C26H35F2N5O3S.C26H37N5O3S.C25H33F2N5O3S.C25H35N5O3S/c1-14-9-18(32-25(5,6)16-7-8-16)29-11-17(14)20-19(23(35)33-13-26(27,28)10-15(33)2)31-22(37-20)21(34)30-12-24(3,4)36;1-15-12-19(30-26(5,6)17-9-10-17)27-13-18(15)21-20(24(33)31-11-7-8-16(31)2)29-23(35-21)22(32)28-14-25(3,4)34;1-14-9-17(31-24(5)7-6-8-24)28-11-16(14)19-18(22(34)32-13-25(26,27)10-15(32)2)30-21(36-19)20(33)29-12-23(3,4)35;1-6-15(3)28-19-11-14(2)18(12-26-19)21-20(24(32)30-16-7-8-17(30)10-9-16)29-23(34-21)22(31)27-13-25(4,5)33/h9,11,15-16,36H,7-8,10,12-13H2,1-6H3,(H,29,32)(H,30,34);12-13,16-17,34H,7-11,14H2,1-6H3,(H,27,30)(H,28,32);9,11,15,35H,6-8,10,12-13H2,1-5H3,(H,28,31)(H,29,33);11-12,15-17,33H,6-10,13H2,1-5H3,(H,26,28)(H,27,31)/t15-;16-;15-;15-,16?,17?/m0001/s1. The van der Waals surface area contributed by atoms with E-state index in [9.17, 15) is 76.3 Å². The highest BCUT2D eigenvalue weighted by Gasteiger charge is 2.50. The average Bonchev–Trinajstić information content (AvgIpc) is 1.60. The molecule has 8 aromatic rings. The Bertz CT molecular complexity index is 5980. The van der Waals surface area contributed by atoms with Crippen LogP contribution in [0, 0.1) is 39.5 Å². The van der Waals surface area contributed by atoms with Gasteiger partial charge in [-0.15, -0.1) is 45.3 Å². The minimum Gasteiger partial charge on any atom is -0.389 e. The van der Waals surface area contributed by atoms with Crippen LogP contribution in [0.15, 0.2) is 49.1 Å². The van der Waals surface area contributed by atoms with E-state index in [-0.39, 0.29) is 104 Å². The van der Waals surface area contributed by atoms with Crippen LogP contribution in [-0.2, 0) is 0 Å². The molecule has 4 atom stereocenters. The van der Waals surface area contributed by atoms with Crippen molar-refractivity contribution in [1.82, 2.24) is 80.7 Å². The number of thiazole rings is 4. The van der Waals surface area contributed by atoms with Gasteiger partial charge < -0.3 is 82.6 Å². The number of carbonyl (C=O) groups excluding carboxylic acids is 8. The van der Waals surface area contributed by atoms with E-state index in [0.717, 1.165) is 135 Å². The maximum atomic E-state index is 14.1. The number of alkyl halides is 4. The van der Waals surface area contributed by atoms with Gasteiger partial charge in [-0.05, 0) is 294 Å². The number of likely N-dealkylation sites (tertiary alicyclic amines) is 3. The van der Waals surface area contributed by atoms with E-state index in [4.69, 9.17) is 0 Å². The van der Waals surface area contributed by atoms with Crippen molar-refractivity contribution in [1.29, 1.82) is 0 Å². The molecule has 0 aromatic carbocycles. The first-order chi connectivity index (χ1) is 66.1. The van der Waals surface area contributed by atoms with Crippen LogP contribution in [0.2, 0.25) is 0 Å². The summed E-state index contributed by atoms with van der Waals surface area (Å²) in [4.78, 5) is 150. The van der Waals surface area contributed by atoms with Gasteiger partial charge in [0.2, 0.25) is 0 Å². The summed E-state index contributed by atoms with van der Waals surface area (Å²) >= 11 is 4.42. The first-order valence-electron chi connectivity index (χ1n) is 49.2. The molecule has 5 saturated heterocycles. The molecule has 16 rings (SSSR count). The van der Waals surface area contributed by atoms with Crippen molar-refractivity contribution in [2.24, 2.45) is 11.8 Å². The normalized spacial score (nSPS) is 19.9. The fourth-order valence-electron chi connectivity index (χ4n) is 18.5. The van der Waals surface area contributed by atoms with Gasteiger partial charge >= 0.3 is 0 Å². The third-order valence-electron chi connectivity index (χ3n) is 27.3. The SMILES string of the molecule is CC[C@@H](C)Nc1cc(C)c(-c2sc(C(=O)NCC(C)(C)O)nc2C(=O)N2C3CCC2CC3)cn1.Cc1cc(NC(C)(C)C2CC2)ncc1-c1sc(C(=O)NCC(C)(C)O)nc1C(=O)N1CC(F)(F)C[C@@H]1C.Cc1cc(NC(C)(C)C2CC2)ncc1-c1sc(C(=O)NCC(C)(C)O)nc1C(=O)N1CCC[C@@H]1C.Cc1cc(NC2(C)CCC2)ncc1-c1sc(C(=O)NCC(C)(C)O)nc1C(=O)N1CC(F)(F)C[C@@H]1C. The lowest BCUT2D eigenvalue weighted by Gasteiger charge is -2.39. The molecule has 3 aliphatic carbocycles. The Labute approximate surface area is 844 Å². The molecule has 142 heavy (non-hydrogen) atoms. The zero-order chi connectivity index (χ0) is 104. The van der Waals surface area contributed by atoms with Crippen LogP contribution < -0.4 is 42.5 Å². The molecule has 13 heterocycles. The molecular formula is C102H140F4N20O12S4. The second-order valence-electron chi connectivity index (χ2n) is 43.9. The molecule has 772 valence electrons. The summed E-state index contributed by atoms with van der Waals surface area (Å²) in [5.74, 6) is -5.14. The van der Waals surface area contributed by atoms with Crippen LogP contribution in [0.4, 0.5) is 40.8 Å². The lowest BCUT2D eigenvalue weighted by molar-refractivity contribution is 0.0115. The molecule has 3 saturated carbocycles. The summed E-state index contributed by atoms with van der Waals surface area (Å²) in [7, 11) is 0. The highest BCUT2D eigenvalue weighted by Crippen LogP contribution is 2.48. The molecule has 0 radical (unpaired) electrons. The summed E-state index contributed by atoms with van der Waals surface area (Å²) < 4.78 is 56.3. The number of anilines is 4. The Kier molecular flexibility index (Phi) is 32.8. The van der Waals surface area contributed by atoms with Gasteiger partial charge in [0.05, 0.1) is 55.0 Å². The topological polar surface area (TPSA) is 430 Å². The zero-order valence-corrected chi connectivity index (χ0v) is 88.8. The molecule has 2 bridgehead atoms. The third-order valence-corrected chi connectivity index (χ3v) is 31.7. The maximum absolute atomic E-state index is 14.1. The van der Waals surface area contributed by atoms with Gasteiger partial charge in [0.1, 0.15) is 46.0 Å². The number of aliphatic hydroxyl groups is 4. The predicted octanol–water partition coefficient (Wildman–Crippen LogP) is 17.0. The van der Waals surface area contributed by atoms with Crippen molar-refractivity contribution in [2.75, 3.05) is 67.1 Å². The minimum absolute atomic E-state index is 0.00936. The highest BCUT2D eigenvalue weighted by molar-refractivity contribution is 7.18. The number of aromatic nitrogens is 8. The van der Waals surface area contributed by atoms with Crippen molar-refractivity contribution in [3.63, 3.8) is 0 Å². The fourth-order valence-corrected chi connectivity index (χ4v) is 22.7. The van der Waals surface area contributed by atoms with Gasteiger partial charge in [-0.2, -0.15) is 0 Å². The van der Waals surface area contributed by atoms with E-state index in [1.807, 2.05) is 68.7 Å². The largest absolute Gasteiger partial charge is 0.389 e.